The van der Waals surface area contributed by atoms with E-state index in [2.05, 4.69) is 33.5 Å². The molecule has 21 heavy (non-hydrogen) atoms. The van der Waals surface area contributed by atoms with Gasteiger partial charge in [0, 0.05) is 24.1 Å². The lowest BCUT2D eigenvalue weighted by molar-refractivity contribution is 0.00754. The van der Waals surface area contributed by atoms with Gasteiger partial charge in [-0.1, -0.05) is 0 Å². The van der Waals surface area contributed by atoms with Crippen LogP contribution >= 0.6 is 0 Å². The van der Waals surface area contributed by atoms with E-state index < -0.39 is 0 Å². The molecule has 4 fully saturated rings. The number of hydrogen-bond donors (Lipinski definition) is 1. The first-order valence-electron chi connectivity index (χ1n) is 8.32. The number of nitrogens with zero attached hydrogens (tertiary/aromatic N) is 2. The fourth-order valence-corrected chi connectivity index (χ4v) is 5.41. The van der Waals surface area contributed by atoms with Gasteiger partial charge in [0.25, 0.3) is 0 Å². The fourth-order valence-electron chi connectivity index (χ4n) is 5.41. The van der Waals surface area contributed by atoms with Crippen LogP contribution in [0.15, 0.2) is 30.6 Å². The first kappa shape index (κ1) is 12.0. The smallest absolute Gasteiger partial charge is 0.0907 e. The zero-order chi connectivity index (χ0) is 13.8. The molecule has 4 saturated carbocycles. The molecule has 0 radical (unpaired) electrons. The van der Waals surface area contributed by atoms with Crippen LogP contribution in [0.5, 0.6) is 0 Å². The van der Waals surface area contributed by atoms with Gasteiger partial charge in [0.15, 0.2) is 0 Å². The number of anilines is 1. The Morgan fingerprint density at radius 3 is 2.19 bits per heavy atom. The van der Waals surface area contributed by atoms with Crippen molar-refractivity contribution in [3.63, 3.8) is 0 Å². The molecule has 0 aliphatic heterocycles. The van der Waals surface area contributed by atoms with Crippen LogP contribution in [-0.2, 0) is 0 Å². The zero-order valence-corrected chi connectivity index (χ0v) is 12.2. The number of aromatic nitrogens is 2. The van der Waals surface area contributed by atoms with Gasteiger partial charge in [-0.15, -0.1) is 0 Å². The second-order valence-electron chi connectivity index (χ2n) is 7.36. The van der Waals surface area contributed by atoms with E-state index in [1.807, 2.05) is 0 Å². The second-order valence-corrected chi connectivity index (χ2v) is 7.36. The summed E-state index contributed by atoms with van der Waals surface area (Å²) in [6, 6.07) is 7.10. The summed E-state index contributed by atoms with van der Waals surface area (Å²) in [7, 11) is 0. The molecule has 1 heterocycles. The normalized spacial score (nSPS) is 37.0. The molecule has 1 aromatic heterocycles. The maximum absolute atomic E-state index is 4.42. The summed E-state index contributed by atoms with van der Waals surface area (Å²) in [5.41, 5.74) is 3.19. The average molecular weight is 279 g/mol. The molecule has 0 atom stereocenters. The molecule has 3 heteroatoms. The highest BCUT2D eigenvalue weighted by atomic mass is 15.0. The highest BCUT2D eigenvalue weighted by Gasteiger charge is 2.48. The SMILES string of the molecule is c1cnc2cc(NC3C4CC5CC(C4)CC3C5)ccc2n1. The molecule has 6 rings (SSSR count). The molecule has 4 aliphatic rings. The van der Waals surface area contributed by atoms with Crippen molar-refractivity contribution in [1.82, 2.24) is 9.97 Å². The van der Waals surface area contributed by atoms with E-state index in [0.29, 0.717) is 6.04 Å². The Kier molecular flexibility index (Phi) is 2.52. The lowest BCUT2D eigenvalue weighted by atomic mass is 9.54. The molecule has 3 nitrogen and oxygen atoms in total. The summed E-state index contributed by atoms with van der Waals surface area (Å²) in [6.45, 7) is 0. The molecule has 4 bridgehead atoms. The highest BCUT2D eigenvalue weighted by molar-refractivity contribution is 5.78. The zero-order valence-electron chi connectivity index (χ0n) is 12.2. The van der Waals surface area contributed by atoms with Crippen LogP contribution in [-0.4, -0.2) is 16.0 Å². The maximum atomic E-state index is 4.42. The summed E-state index contributed by atoms with van der Waals surface area (Å²) in [5.74, 6) is 3.87. The van der Waals surface area contributed by atoms with E-state index in [1.54, 1.807) is 12.4 Å². The minimum Gasteiger partial charge on any atom is -0.382 e. The van der Waals surface area contributed by atoms with E-state index in [1.165, 1.54) is 37.8 Å². The Hall–Kier alpha value is -1.64. The molecule has 1 aromatic carbocycles. The molecule has 0 amide bonds. The summed E-state index contributed by atoms with van der Waals surface area (Å²) in [5, 5.41) is 3.85. The van der Waals surface area contributed by atoms with E-state index >= 15 is 0 Å². The van der Waals surface area contributed by atoms with Gasteiger partial charge in [0.05, 0.1) is 11.0 Å². The highest BCUT2D eigenvalue weighted by Crippen LogP contribution is 2.54. The van der Waals surface area contributed by atoms with E-state index in [-0.39, 0.29) is 0 Å². The quantitative estimate of drug-likeness (QED) is 0.907. The lowest BCUT2D eigenvalue weighted by Gasteiger charge is -2.54. The minimum absolute atomic E-state index is 0.687. The fraction of sp³-hybridized carbons (Fsp3) is 0.556. The van der Waals surface area contributed by atoms with E-state index in [9.17, 15) is 0 Å². The molecular weight excluding hydrogens is 258 g/mol. The van der Waals surface area contributed by atoms with Crippen molar-refractivity contribution in [2.24, 2.45) is 23.7 Å². The van der Waals surface area contributed by atoms with Gasteiger partial charge in [-0.25, -0.2) is 0 Å². The molecular formula is C18H21N3. The summed E-state index contributed by atoms with van der Waals surface area (Å²) < 4.78 is 0. The number of hydrogen-bond acceptors (Lipinski definition) is 3. The van der Waals surface area contributed by atoms with Crippen molar-refractivity contribution in [1.29, 1.82) is 0 Å². The van der Waals surface area contributed by atoms with Gasteiger partial charge >= 0.3 is 0 Å². The molecule has 0 unspecified atom stereocenters. The van der Waals surface area contributed by atoms with Crippen LogP contribution in [0.1, 0.15) is 32.1 Å². The largest absolute Gasteiger partial charge is 0.382 e. The van der Waals surface area contributed by atoms with Crippen molar-refractivity contribution in [2.75, 3.05) is 5.32 Å². The van der Waals surface area contributed by atoms with Gasteiger partial charge in [-0.2, -0.15) is 0 Å². The number of benzene rings is 1. The third-order valence-electron chi connectivity index (χ3n) is 6.03. The topological polar surface area (TPSA) is 37.8 Å². The second kappa shape index (κ2) is 4.43. The van der Waals surface area contributed by atoms with Gasteiger partial charge in [0.1, 0.15) is 0 Å². The van der Waals surface area contributed by atoms with Crippen molar-refractivity contribution < 1.29 is 0 Å². The van der Waals surface area contributed by atoms with E-state index in [0.717, 1.165) is 34.7 Å². The van der Waals surface area contributed by atoms with Crippen molar-refractivity contribution in [2.45, 2.75) is 38.1 Å². The average Bonchev–Trinajstić information content (AvgIpc) is 2.50. The number of nitrogens with one attached hydrogen (secondary N) is 1. The van der Waals surface area contributed by atoms with E-state index in [4.69, 9.17) is 0 Å². The predicted octanol–water partition coefficient (Wildman–Crippen LogP) is 3.87. The van der Waals surface area contributed by atoms with Crippen LogP contribution in [0.3, 0.4) is 0 Å². The summed E-state index contributed by atoms with van der Waals surface area (Å²) in [4.78, 5) is 8.78. The molecule has 4 aliphatic carbocycles. The summed E-state index contributed by atoms with van der Waals surface area (Å²) >= 11 is 0. The lowest BCUT2D eigenvalue weighted by Crippen LogP contribution is -2.51. The van der Waals surface area contributed by atoms with Crippen LogP contribution in [0.2, 0.25) is 0 Å². The third-order valence-corrected chi connectivity index (χ3v) is 6.03. The molecule has 2 aromatic rings. The van der Waals surface area contributed by atoms with Crippen molar-refractivity contribution in [3.8, 4) is 0 Å². The van der Waals surface area contributed by atoms with Gasteiger partial charge in [0.2, 0.25) is 0 Å². The first-order chi connectivity index (χ1) is 10.3. The van der Waals surface area contributed by atoms with Crippen LogP contribution in [0.25, 0.3) is 11.0 Å². The van der Waals surface area contributed by atoms with Crippen LogP contribution in [0, 0.1) is 23.7 Å². The van der Waals surface area contributed by atoms with Crippen LogP contribution in [0.4, 0.5) is 5.69 Å². The third kappa shape index (κ3) is 1.94. The first-order valence-corrected chi connectivity index (χ1v) is 8.32. The Morgan fingerprint density at radius 2 is 1.48 bits per heavy atom. The molecule has 0 saturated heterocycles. The summed E-state index contributed by atoms with van der Waals surface area (Å²) in [6.07, 6.45) is 10.9. The monoisotopic (exact) mass is 279 g/mol. The van der Waals surface area contributed by atoms with Gasteiger partial charge in [-0.3, -0.25) is 9.97 Å². The Balaban J connectivity index is 1.43. The van der Waals surface area contributed by atoms with Crippen molar-refractivity contribution >= 4 is 16.7 Å². The number of rotatable bonds is 2. The van der Waals surface area contributed by atoms with Gasteiger partial charge in [-0.05, 0) is 74.0 Å². The molecule has 1 N–H and O–H groups in total. The Labute approximate surface area is 125 Å². The number of fused-ring (bicyclic) bond motifs is 1. The molecule has 0 spiro atoms. The maximum Gasteiger partial charge on any atom is 0.0907 e. The Morgan fingerprint density at radius 1 is 0.810 bits per heavy atom. The van der Waals surface area contributed by atoms with Crippen molar-refractivity contribution in [3.05, 3.63) is 30.6 Å². The van der Waals surface area contributed by atoms with Crippen LogP contribution < -0.4 is 5.32 Å². The van der Waals surface area contributed by atoms with Gasteiger partial charge < -0.3 is 5.32 Å². The molecule has 108 valence electrons. The predicted molar refractivity (Wildman–Crippen MR) is 84.0 cm³/mol. The minimum atomic E-state index is 0.687. The standard InChI is InChI=1S/C18H21N3/c1-2-16-17(20-4-3-19-16)10-15(1)21-18-13-6-11-5-12(8-13)9-14(18)7-11/h1-4,10-14,18,21H,5-9H2. The Bertz CT molecular complexity index is 653.